The molecule has 0 amide bonds. The van der Waals surface area contributed by atoms with Crippen LogP contribution in [-0.4, -0.2) is 0 Å². The Morgan fingerprint density at radius 2 is 1.09 bits per heavy atom. The number of nitrogens with zero attached hydrogens (tertiary/aromatic N) is 1. The first-order valence-corrected chi connectivity index (χ1v) is 19.7. The second-order valence-corrected chi connectivity index (χ2v) is 15.2. The Hall–Kier alpha value is -6.96. The number of rotatable bonds is 6. The zero-order valence-electron chi connectivity index (χ0n) is 31.0. The summed E-state index contributed by atoms with van der Waals surface area (Å²) in [5.41, 5.74) is 15.8. The van der Waals surface area contributed by atoms with Gasteiger partial charge in [-0.25, -0.2) is 0 Å². The van der Waals surface area contributed by atoms with E-state index in [0.29, 0.717) is 11.8 Å². The van der Waals surface area contributed by atoms with Gasteiger partial charge in [-0.2, -0.15) is 0 Å². The third-order valence-corrected chi connectivity index (χ3v) is 12.3. The Balaban J connectivity index is 1.16. The molecule has 0 radical (unpaired) electrons. The lowest BCUT2D eigenvalue weighted by Gasteiger charge is -2.35. The zero-order chi connectivity index (χ0) is 37.1. The fraction of sp³-hybridized carbons (Fsp3) is 0.0545. The van der Waals surface area contributed by atoms with Crippen molar-refractivity contribution in [3.63, 3.8) is 0 Å². The molecule has 0 fully saturated rings. The smallest absolute Gasteiger partial charge is 0.0714 e. The van der Waals surface area contributed by atoms with Crippen molar-refractivity contribution in [2.75, 3.05) is 4.90 Å². The number of hydrogen-bond donors (Lipinski definition) is 0. The van der Waals surface area contributed by atoms with Gasteiger partial charge in [0.1, 0.15) is 0 Å². The van der Waals surface area contributed by atoms with Crippen LogP contribution in [0.1, 0.15) is 44.9 Å². The summed E-state index contributed by atoms with van der Waals surface area (Å²) in [5, 5.41) is 2.43. The lowest BCUT2D eigenvalue weighted by molar-refractivity contribution is 0.689. The first-order valence-electron chi connectivity index (χ1n) is 19.7. The predicted molar refractivity (Wildman–Crippen MR) is 234 cm³/mol. The van der Waals surface area contributed by atoms with Crippen molar-refractivity contribution in [2.45, 2.75) is 11.3 Å². The second-order valence-electron chi connectivity index (χ2n) is 15.2. The van der Waals surface area contributed by atoms with Gasteiger partial charge in [-0.15, -0.1) is 0 Å². The number of allylic oxidation sites excluding steroid dienone is 5. The molecule has 0 saturated heterocycles. The van der Waals surface area contributed by atoms with Gasteiger partial charge in [0.15, 0.2) is 0 Å². The fourth-order valence-corrected chi connectivity index (χ4v) is 9.88. The molecule has 56 heavy (non-hydrogen) atoms. The van der Waals surface area contributed by atoms with Crippen molar-refractivity contribution in [1.82, 2.24) is 0 Å². The van der Waals surface area contributed by atoms with Crippen molar-refractivity contribution in [3.8, 4) is 11.1 Å². The minimum atomic E-state index is -0.494. The summed E-state index contributed by atoms with van der Waals surface area (Å²) in [5.74, 6) is 0.686. The van der Waals surface area contributed by atoms with Gasteiger partial charge >= 0.3 is 0 Å². The topological polar surface area (TPSA) is 3.24 Å². The van der Waals surface area contributed by atoms with Gasteiger partial charge in [-0.05, 0) is 91.4 Å². The standard InChI is InChI=1S/C55H39N/c1-3-21-41(22-4-1)55(42-23-5-2-6-24-42)52-31-14-13-30-49(52)50-34-33-44(37-53(50)55)56(54-32-16-19-38-17-7-10-27-46(38)54)43-25-15-20-39(35-43)51-36-40-18-8-9-26-45(40)47-28-11-12-29-48(47)51/h1-37,40,45H. The molecule has 0 aliphatic heterocycles. The summed E-state index contributed by atoms with van der Waals surface area (Å²) in [7, 11) is 0. The monoisotopic (exact) mass is 713 g/mol. The normalized spacial score (nSPS) is 17.0. The Bertz CT molecular complexity index is 2830. The molecule has 2 unspecified atom stereocenters. The van der Waals surface area contributed by atoms with Crippen LogP contribution >= 0.6 is 0 Å². The summed E-state index contributed by atoms with van der Waals surface area (Å²) in [4.78, 5) is 2.48. The van der Waals surface area contributed by atoms with E-state index in [1.807, 2.05) is 0 Å². The van der Waals surface area contributed by atoms with Crippen LogP contribution in [0.25, 0.3) is 27.5 Å². The molecule has 0 N–H and O–H groups in total. The molecule has 0 saturated carbocycles. The maximum atomic E-state index is 2.48. The van der Waals surface area contributed by atoms with Gasteiger partial charge in [0.25, 0.3) is 0 Å². The maximum Gasteiger partial charge on any atom is 0.0714 e. The van der Waals surface area contributed by atoms with Gasteiger partial charge in [-0.3, -0.25) is 0 Å². The van der Waals surface area contributed by atoms with Crippen molar-refractivity contribution in [2.24, 2.45) is 5.92 Å². The third kappa shape index (κ3) is 4.94. The van der Waals surface area contributed by atoms with Gasteiger partial charge in [-0.1, -0.05) is 194 Å². The largest absolute Gasteiger partial charge is 0.310 e. The molecule has 1 heteroatoms. The van der Waals surface area contributed by atoms with E-state index in [9.17, 15) is 0 Å². The Labute approximate surface area is 328 Å². The number of hydrogen-bond acceptors (Lipinski definition) is 1. The molecule has 3 aliphatic carbocycles. The minimum Gasteiger partial charge on any atom is -0.310 e. The van der Waals surface area contributed by atoms with Crippen molar-refractivity contribution in [1.29, 1.82) is 0 Å². The highest BCUT2D eigenvalue weighted by Crippen LogP contribution is 2.57. The summed E-state index contributed by atoms with van der Waals surface area (Å²) in [6.45, 7) is 0. The van der Waals surface area contributed by atoms with Crippen LogP contribution in [0, 0.1) is 5.92 Å². The molecule has 0 aromatic heterocycles. The molecule has 2 atom stereocenters. The molecule has 3 aliphatic rings. The van der Waals surface area contributed by atoms with Crippen molar-refractivity contribution >= 4 is 33.4 Å². The van der Waals surface area contributed by atoms with Crippen LogP contribution in [0.4, 0.5) is 17.1 Å². The van der Waals surface area contributed by atoms with Gasteiger partial charge in [0, 0.05) is 28.6 Å². The first kappa shape index (κ1) is 32.5. The average Bonchev–Trinajstić information content (AvgIpc) is 3.57. The molecule has 8 aromatic carbocycles. The zero-order valence-corrected chi connectivity index (χ0v) is 31.0. The van der Waals surface area contributed by atoms with Crippen LogP contribution in [0.3, 0.4) is 0 Å². The van der Waals surface area contributed by atoms with Gasteiger partial charge in [0.2, 0.25) is 0 Å². The molecule has 0 heterocycles. The Morgan fingerprint density at radius 3 is 1.93 bits per heavy atom. The van der Waals surface area contributed by atoms with Crippen molar-refractivity contribution in [3.05, 3.63) is 263 Å². The van der Waals surface area contributed by atoms with E-state index >= 15 is 0 Å². The molecule has 8 aromatic rings. The van der Waals surface area contributed by atoms with Crippen molar-refractivity contribution < 1.29 is 0 Å². The van der Waals surface area contributed by atoms with E-state index in [2.05, 4.69) is 229 Å². The summed E-state index contributed by atoms with van der Waals surface area (Å²) < 4.78 is 0. The lowest BCUT2D eigenvalue weighted by Crippen LogP contribution is -2.28. The quantitative estimate of drug-likeness (QED) is 0.166. The van der Waals surface area contributed by atoms with E-state index in [1.165, 1.54) is 66.4 Å². The fourth-order valence-electron chi connectivity index (χ4n) is 9.88. The van der Waals surface area contributed by atoms with Gasteiger partial charge < -0.3 is 4.90 Å². The lowest BCUT2D eigenvalue weighted by atomic mass is 9.67. The number of fused-ring (bicyclic) bond motifs is 7. The Kier molecular flexibility index (Phi) is 7.60. The highest BCUT2D eigenvalue weighted by Gasteiger charge is 2.46. The average molecular weight is 714 g/mol. The molecule has 0 bridgehead atoms. The van der Waals surface area contributed by atoms with E-state index in [0.717, 1.165) is 17.1 Å². The third-order valence-electron chi connectivity index (χ3n) is 12.3. The van der Waals surface area contributed by atoms with Gasteiger partial charge in [0.05, 0.1) is 11.1 Å². The van der Waals surface area contributed by atoms with Crippen LogP contribution in [-0.2, 0) is 5.41 Å². The molecule has 1 nitrogen and oxygen atoms in total. The van der Waals surface area contributed by atoms with E-state index in [1.54, 1.807) is 0 Å². The molecular weight excluding hydrogens is 675 g/mol. The van der Waals surface area contributed by atoms with Crippen LogP contribution < -0.4 is 4.90 Å². The first-order chi connectivity index (χ1) is 27.8. The minimum absolute atomic E-state index is 0.324. The van der Waals surface area contributed by atoms with E-state index in [-0.39, 0.29) is 0 Å². The van der Waals surface area contributed by atoms with Crippen LogP contribution in [0.5, 0.6) is 0 Å². The van der Waals surface area contributed by atoms with Crippen LogP contribution in [0.15, 0.2) is 225 Å². The van der Waals surface area contributed by atoms with E-state index < -0.39 is 5.41 Å². The SMILES string of the molecule is C1=CC2C=C(c3cccc(N(c4ccc5c(c4)C(c4ccccc4)(c4ccccc4)c4ccccc4-5)c4cccc5ccccc45)c3)c3ccccc3C2C=C1. The molecular formula is C55H39N. The van der Waals surface area contributed by atoms with Crippen LogP contribution in [0.2, 0.25) is 0 Å². The predicted octanol–water partition coefficient (Wildman–Crippen LogP) is 13.9. The highest BCUT2D eigenvalue weighted by molar-refractivity contribution is 6.00. The summed E-state index contributed by atoms with van der Waals surface area (Å²) in [6, 6.07) is 71.9. The van der Waals surface area contributed by atoms with E-state index in [4.69, 9.17) is 0 Å². The number of anilines is 3. The molecule has 264 valence electrons. The summed E-state index contributed by atoms with van der Waals surface area (Å²) >= 11 is 0. The highest BCUT2D eigenvalue weighted by atomic mass is 15.1. The number of benzene rings is 8. The maximum absolute atomic E-state index is 2.48. The summed E-state index contributed by atoms with van der Waals surface area (Å²) in [6.07, 6.45) is 11.6. The molecule has 0 spiro atoms. The molecule has 11 rings (SSSR count). The Morgan fingerprint density at radius 1 is 0.446 bits per heavy atom. The second kappa shape index (κ2) is 13.1.